The topological polar surface area (TPSA) is 29.9 Å². The number of aromatic nitrogens is 2. The highest BCUT2D eigenvalue weighted by molar-refractivity contribution is 5.63. The van der Waals surface area contributed by atoms with Crippen LogP contribution in [0.5, 0.6) is 0 Å². The average molecular weight is 269 g/mol. The third kappa shape index (κ3) is 2.58. The van der Waals surface area contributed by atoms with Crippen molar-refractivity contribution in [2.24, 2.45) is 0 Å². The molecule has 0 aliphatic heterocycles. The van der Waals surface area contributed by atoms with Crippen LogP contribution in [0.25, 0.3) is 0 Å². The molecule has 1 heterocycles. The first-order valence-electron chi connectivity index (χ1n) is 7.62. The number of rotatable bonds is 3. The second-order valence-electron chi connectivity index (χ2n) is 5.84. The Labute approximate surface area is 121 Å². The van der Waals surface area contributed by atoms with Crippen molar-refractivity contribution in [1.29, 1.82) is 0 Å². The summed E-state index contributed by atoms with van der Waals surface area (Å²) < 4.78 is 2.32. The lowest BCUT2D eigenvalue weighted by Gasteiger charge is -2.25. The van der Waals surface area contributed by atoms with E-state index in [2.05, 4.69) is 53.1 Å². The summed E-state index contributed by atoms with van der Waals surface area (Å²) in [5.74, 6) is 0.981. The van der Waals surface area contributed by atoms with Crippen molar-refractivity contribution >= 4 is 11.6 Å². The van der Waals surface area contributed by atoms with Crippen LogP contribution >= 0.6 is 0 Å². The van der Waals surface area contributed by atoms with Gasteiger partial charge in [-0.1, -0.05) is 37.5 Å². The highest BCUT2D eigenvalue weighted by Crippen LogP contribution is 2.32. The Bertz CT molecular complexity index is 559. The molecule has 0 atom stereocenters. The molecule has 1 aromatic heterocycles. The number of benzene rings is 1. The lowest BCUT2D eigenvalue weighted by molar-refractivity contribution is 0.356. The average Bonchev–Trinajstić information content (AvgIpc) is 2.92. The third-order valence-corrected chi connectivity index (χ3v) is 4.35. The fourth-order valence-corrected chi connectivity index (χ4v) is 3.19. The van der Waals surface area contributed by atoms with Crippen molar-refractivity contribution in [3.8, 4) is 0 Å². The highest BCUT2D eigenvalue weighted by Gasteiger charge is 2.18. The smallest absolute Gasteiger partial charge is 0.207 e. The zero-order valence-electron chi connectivity index (χ0n) is 12.4. The molecule has 1 fully saturated rings. The van der Waals surface area contributed by atoms with E-state index in [4.69, 9.17) is 0 Å². The summed E-state index contributed by atoms with van der Waals surface area (Å²) in [5, 5.41) is 3.54. The van der Waals surface area contributed by atoms with Crippen LogP contribution in [0, 0.1) is 13.8 Å². The summed E-state index contributed by atoms with van der Waals surface area (Å²) in [6, 6.07) is 6.99. The van der Waals surface area contributed by atoms with Gasteiger partial charge < -0.3 is 9.88 Å². The van der Waals surface area contributed by atoms with Crippen LogP contribution < -0.4 is 5.32 Å². The number of aryl methyl sites for hydroxylation is 2. The minimum absolute atomic E-state index is 0.609. The molecule has 0 radical (unpaired) electrons. The standard InChI is InChI=1S/C17H23N3/c1-13-7-6-8-14(2)16(13)19-17-18-11-12-20(17)15-9-4-3-5-10-15/h6-8,11-12,15H,3-5,9-10H2,1-2H3,(H,18,19). The molecule has 3 heteroatoms. The second-order valence-corrected chi connectivity index (χ2v) is 5.84. The highest BCUT2D eigenvalue weighted by atomic mass is 15.2. The first kappa shape index (κ1) is 13.2. The van der Waals surface area contributed by atoms with Crippen LogP contribution in [0.2, 0.25) is 0 Å². The van der Waals surface area contributed by atoms with E-state index in [1.165, 1.54) is 48.9 Å². The van der Waals surface area contributed by atoms with E-state index in [-0.39, 0.29) is 0 Å². The van der Waals surface area contributed by atoms with E-state index in [9.17, 15) is 0 Å². The number of anilines is 2. The molecule has 106 valence electrons. The van der Waals surface area contributed by atoms with E-state index in [0.29, 0.717) is 6.04 Å². The van der Waals surface area contributed by atoms with Gasteiger partial charge in [0.2, 0.25) is 5.95 Å². The molecule has 0 unspecified atom stereocenters. The molecule has 1 aliphatic rings. The molecule has 0 bridgehead atoms. The summed E-state index contributed by atoms with van der Waals surface area (Å²) in [6.07, 6.45) is 10.6. The Hall–Kier alpha value is -1.77. The lowest BCUT2D eigenvalue weighted by atomic mass is 9.95. The summed E-state index contributed by atoms with van der Waals surface area (Å²) in [7, 11) is 0. The zero-order chi connectivity index (χ0) is 13.9. The van der Waals surface area contributed by atoms with Gasteiger partial charge in [-0.3, -0.25) is 0 Å². The minimum atomic E-state index is 0.609. The van der Waals surface area contributed by atoms with Crippen LogP contribution in [0.3, 0.4) is 0 Å². The van der Waals surface area contributed by atoms with Crippen molar-refractivity contribution in [3.05, 3.63) is 41.7 Å². The van der Waals surface area contributed by atoms with Crippen molar-refractivity contribution in [2.45, 2.75) is 52.0 Å². The molecular weight excluding hydrogens is 246 g/mol. The van der Waals surface area contributed by atoms with Gasteiger partial charge in [0.1, 0.15) is 0 Å². The van der Waals surface area contributed by atoms with Crippen LogP contribution in [-0.4, -0.2) is 9.55 Å². The molecule has 0 spiro atoms. The van der Waals surface area contributed by atoms with Gasteiger partial charge >= 0.3 is 0 Å². The summed E-state index contributed by atoms with van der Waals surface area (Å²) in [5.41, 5.74) is 3.72. The van der Waals surface area contributed by atoms with E-state index < -0.39 is 0 Å². The van der Waals surface area contributed by atoms with Gasteiger partial charge in [0.05, 0.1) is 0 Å². The molecule has 0 saturated heterocycles. The maximum Gasteiger partial charge on any atom is 0.207 e. The third-order valence-electron chi connectivity index (χ3n) is 4.35. The van der Waals surface area contributed by atoms with Crippen LogP contribution in [-0.2, 0) is 0 Å². The van der Waals surface area contributed by atoms with Crippen LogP contribution in [0.1, 0.15) is 49.3 Å². The second kappa shape index (κ2) is 5.70. The number of para-hydroxylation sites is 1. The maximum atomic E-state index is 4.52. The lowest BCUT2D eigenvalue weighted by Crippen LogP contribution is -2.14. The predicted molar refractivity (Wildman–Crippen MR) is 83.5 cm³/mol. The first-order valence-corrected chi connectivity index (χ1v) is 7.62. The molecule has 3 nitrogen and oxygen atoms in total. The Morgan fingerprint density at radius 2 is 1.80 bits per heavy atom. The first-order chi connectivity index (χ1) is 9.75. The Morgan fingerprint density at radius 3 is 2.50 bits per heavy atom. The molecule has 2 aromatic rings. The summed E-state index contributed by atoms with van der Waals surface area (Å²) >= 11 is 0. The molecule has 1 saturated carbocycles. The van der Waals surface area contributed by atoms with Crippen LogP contribution in [0.15, 0.2) is 30.6 Å². The SMILES string of the molecule is Cc1cccc(C)c1Nc1nccn1C1CCCCC1. The largest absolute Gasteiger partial charge is 0.325 e. The Kier molecular flexibility index (Phi) is 3.77. The quantitative estimate of drug-likeness (QED) is 0.871. The van der Waals surface area contributed by atoms with E-state index in [0.717, 1.165) is 5.95 Å². The monoisotopic (exact) mass is 269 g/mol. The van der Waals surface area contributed by atoms with Gasteiger partial charge in [0.25, 0.3) is 0 Å². The molecule has 1 N–H and O–H groups in total. The summed E-state index contributed by atoms with van der Waals surface area (Å²) in [4.78, 5) is 4.52. The number of hydrogen-bond acceptors (Lipinski definition) is 2. The fraction of sp³-hybridized carbons (Fsp3) is 0.471. The summed E-state index contributed by atoms with van der Waals surface area (Å²) in [6.45, 7) is 4.28. The van der Waals surface area contributed by atoms with Gasteiger partial charge in [-0.2, -0.15) is 0 Å². The minimum Gasteiger partial charge on any atom is -0.325 e. The number of imidazole rings is 1. The number of hydrogen-bond donors (Lipinski definition) is 1. The molecule has 20 heavy (non-hydrogen) atoms. The van der Waals surface area contributed by atoms with Gasteiger partial charge in [-0.05, 0) is 37.8 Å². The van der Waals surface area contributed by atoms with E-state index in [1.54, 1.807) is 0 Å². The molecule has 3 rings (SSSR count). The van der Waals surface area contributed by atoms with Crippen molar-refractivity contribution in [1.82, 2.24) is 9.55 Å². The molecular formula is C17H23N3. The van der Waals surface area contributed by atoms with E-state index >= 15 is 0 Å². The van der Waals surface area contributed by atoms with Gasteiger partial charge in [-0.25, -0.2) is 4.98 Å². The fourth-order valence-electron chi connectivity index (χ4n) is 3.19. The van der Waals surface area contributed by atoms with Crippen LogP contribution in [0.4, 0.5) is 11.6 Å². The van der Waals surface area contributed by atoms with Gasteiger partial charge in [0.15, 0.2) is 0 Å². The van der Waals surface area contributed by atoms with Crippen molar-refractivity contribution < 1.29 is 0 Å². The number of nitrogens with one attached hydrogen (secondary N) is 1. The Morgan fingerprint density at radius 1 is 1.10 bits per heavy atom. The van der Waals surface area contributed by atoms with Crippen molar-refractivity contribution in [3.63, 3.8) is 0 Å². The zero-order valence-corrected chi connectivity index (χ0v) is 12.4. The maximum absolute atomic E-state index is 4.52. The molecule has 1 aliphatic carbocycles. The van der Waals surface area contributed by atoms with Gasteiger partial charge in [-0.15, -0.1) is 0 Å². The predicted octanol–water partition coefficient (Wildman–Crippen LogP) is 4.75. The molecule has 1 aromatic carbocycles. The Balaban J connectivity index is 1.86. The molecule has 0 amide bonds. The van der Waals surface area contributed by atoms with Crippen molar-refractivity contribution in [2.75, 3.05) is 5.32 Å². The normalized spacial score (nSPS) is 16.3. The number of nitrogens with zero attached hydrogens (tertiary/aromatic N) is 2. The van der Waals surface area contributed by atoms with E-state index in [1.807, 2.05) is 6.20 Å². The van der Waals surface area contributed by atoms with Gasteiger partial charge in [0, 0.05) is 24.1 Å².